The molecule has 1 aromatic rings. The number of hydrogen-bond donors (Lipinski definition) is 3. The smallest absolute Gasteiger partial charge is 0.248 e. The molecule has 19 heavy (non-hydrogen) atoms. The Labute approximate surface area is 112 Å². The van der Waals surface area contributed by atoms with Gasteiger partial charge >= 0.3 is 0 Å². The van der Waals surface area contributed by atoms with Gasteiger partial charge in [-0.25, -0.2) is 4.98 Å². The van der Waals surface area contributed by atoms with Gasteiger partial charge in [-0.2, -0.15) is 0 Å². The molecular formula is C12H21N5O2. The topological polar surface area (TPSA) is 130 Å². The van der Waals surface area contributed by atoms with Crippen LogP contribution < -0.4 is 17.2 Å². The molecule has 0 fully saturated rings. The summed E-state index contributed by atoms with van der Waals surface area (Å²) in [6, 6.07) is -1.16. The maximum atomic E-state index is 12.0. The molecule has 0 amide bonds. The lowest BCUT2D eigenvalue weighted by molar-refractivity contribution is -0.108. The molecule has 1 aromatic heterocycles. The summed E-state index contributed by atoms with van der Waals surface area (Å²) in [5, 5.41) is 0. The number of carbonyl (C=O) groups is 2. The van der Waals surface area contributed by atoms with Crippen molar-refractivity contribution in [1.29, 1.82) is 0 Å². The zero-order chi connectivity index (χ0) is 14.3. The molecule has 0 aliphatic carbocycles. The lowest BCUT2D eigenvalue weighted by Crippen LogP contribution is -2.34. The summed E-state index contributed by atoms with van der Waals surface area (Å²) < 4.78 is 1.35. The Morgan fingerprint density at radius 2 is 2.16 bits per heavy atom. The molecule has 0 aliphatic heterocycles. The number of unbranched alkanes of at least 4 members (excludes halogenated alkanes) is 1. The van der Waals surface area contributed by atoms with Gasteiger partial charge in [0.05, 0.1) is 17.8 Å². The molecule has 2 atom stereocenters. The standard InChI is InChI=1S/C12H21N5O2/c13-4-2-1-3-11(15)12(19)17-6-10(16-8-17)5-9(14)7-18/h6-9,11H,1-5,13-15H2/t9-,11-/m0/s1. The molecular weight excluding hydrogens is 246 g/mol. The van der Waals surface area contributed by atoms with Gasteiger partial charge in [-0.1, -0.05) is 6.42 Å². The van der Waals surface area contributed by atoms with E-state index >= 15 is 0 Å². The quantitative estimate of drug-likeness (QED) is 0.411. The first-order valence-electron chi connectivity index (χ1n) is 6.32. The molecule has 0 radical (unpaired) electrons. The number of hydrogen-bond acceptors (Lipinski definition) is 6. The van der Waals surface area contributed by atoms with E-state index in [0.29, 0.717) is 31.4 Å². The Morgan fingerprint density at radius 1 is 1.42 bits per heavy atom. The van der Waals surface area contributed by atoms with Gasteiger partial charge in [0, 0.05) is 12.6 Å². The van der Waals surface area contributed by atoms with E-state index in [2.05, 4.69) is 4.98 Å². The van der Waals surface area contributed by atoms with Crippen LogP contribution in [-0.4, -0.2) is 40.4 Å². The summed E-state index contributed by atoms with van der Waals surface area (Å²) in [6.45, 7) is 0.597. The van der Waals surface area contributed by atoms with Crippen LogP contribution in [0.4, 0.5) is 0 Å². The van der Waals surface area contributed by atoms with Gasteiger partial charge in [-0.15, -0.1) is 0 Å². The van der Waals surface area contributed by atoms with Crippen LogP contribution in [-0.2, 0) is 11.2 Å². The van der Waals surface area contributed by atoms with Gasteiger partial charge in [-0.3, -0.25) is 9.36 Å². The minimum atomic E-state index is -0.600. The molecule has 0 saturated carbocycles. The van der Waals surface area contributed by atoms with Gasteiger partial charge in [0.15, 0.2) is 0 Å². The normalized spacial score (nSPS) is 14.1. The Bertz CT molecular complexity index is 418. The Balaban J connectivity index is 2.54. The molecule has 0 aromatic carbocycles. The molecule has 0 spiro atoms. The largest absolute Gasteiger partial charge is 0.330 e. The third kappa shape index (κ3) is 4.90. The predicted molar refractivity (Wildman–Crippen MR) is 71.5 cm³/mol. The van der Waals surface area contributed by atoms with E-state index in [0.717, 1.165) is 12.8 Å². The number of nitrogens with two attached hydrogens (primary N) is 3. The first-order valence-corrected chi connectivity index (χ1v) is 6.32. The van der Waals surface area contributed by atoms with E-state index in [-0.39, 0.29) is 5.91 Å². The monoisotopic (exact) mass is 267 g/mol. The summed E-state index contributed by atoms with van der Waals surface area (Å²) in [4.78, 5) is 26.5. The van der Waals surface area contributed by atoms with Crippen molar-refractivity contribution in [2.75, 3.05) is 6.54 Å². The summed E-state index contributed by atoms with van der Waals surface area (Å²) in [5.41, 5.74) is 17.3. The van der Waals surface area contributed by atoms with Crippen LogP contribution in [0.2, 0.25) is 0 Å². The van der Waals surface area contributed by atoms with Crippen molar-refractivity contribution in [1.82, 2.24) is 9.55 Å². The van der Waals surface area contributed by atoms with Crippen molar-refractivity contribution in [3.63, 3.8) is 0 Å². The fraction of sp³-hybridized carbons (Fsp3) is 0.583. The summed E-state index contributed by atoms with van der Waals surface area (Å²) in [7, 11) is 0. The first-order chi connectivity index (χ1) is 9.08. The van der Waals surface area contributed by atoms with Crippen molar-refractivity contribution in [3.8, 4) is 0 Å². The van der Waals surface area contributed by atoms with E-state index in [1.165, 1.54) is 10.9 Å². The molecule has 6 N–H and O–H groups in total. The van der Waals surface area contributed by atoms with Crippen LogP contribution in [0, 0.1) is 0 Å². The van der Waals surface area contributed by atoms with Crippen molar-refractivity contribution in [3.05, 3.63) is 18.2 Å². The van der Waals surface area contributed by atoms with Gasteiger partial charge in [0.2, 0.25) is 5.91 Å². The van der Waals surface area contributed by atoms with Gasteiger partial charge < -0.3 is 22.0 Å². The Kier molecular flexibility index (Phi) is 6.34. The molecule has 1 heterocycles. The summed E-state index contributed by atoms with van der Waals surface area (Å²) >= 11 is 0. The number of nitrogens with zero attached hydrogens (tertiary/aromatic N) is 2. The molecule has 1 rings (SSSR count). The molecule has 0 unspecified atom stereocenters. The van der Waals surface area contributed by atoms with Gasteiger partial charge in [0.25, 0.3) is 0 Å². The Hall–Kier alpha value is -1.57. The molecule has 0 bridgehead atoms. The van der Waals surface area contributed by atoms with Crippen LogP contribution in [0.15, 0.2) is 12.5 Å². The lowest BCUT2D eigenvalue weighted by atomic mass is 10.1. The predicted octanol–water partition coefficient (Wildman–Crippen LogP) is -0.952. The molecule has 7 nitrogen and oxygen atoms in total. The lowest BCUT2D eigenvalue weighted by Gasteiger charge is -2.09. The minimum Gasteiger partial charge on any atom is -0.330 e. The maximum Gasteiger partial charge on any atom is 0.248 e. The van der Waals surface area contributed by atoms with E-state index in [4.69, 9.17) is 17.2 Å². The molecule has 7 heteroatoms. The highest BCUT2D eigenvalue weighted by molar-refractivity contribution is 5.83. The number of imidazole rings is 1. The third-order valence-corrected chi connectivity index (χ3v) is 2.80. The zero-order valence-electron chi connectivity index (χ0n) is 10.9. The average Bonchev–Trinajstić information content (AvgIpc) is 2.86. The fourth-order valence-corrected chi connectivity index (χ4v) is 1.70. The van der Waals surface area contributed by atoms with E-state index < -0.39 is 12.1 Å². The van der Waals surface area contributed by atoms with Gasteiger partial charge in [-0.05, 0) is 19.4 Å². The van der Waals surface area contributed by atoms with E-state index in [9.17, 15) is 9.59 Å². The Morgan fingerprint density at radius 3 is 2.79 bits per heavy atom. The van der Waals surface area contributed by atoms with E-state index in [1.54, 1.807) is 6.20 Å². The van der Waals surface area contributed by atoms with Crippen LogP contribution in [0.5, 0.6) is 0 Å². The SMILES string of the molecule is NCCCC[C@H](N)C(=O)n1cnc(C[C@H](N)C=O)c1. The van der Waals surface area contributed by atoms with Crippen molar-refractivity contribution >= 4 is 12.2 Å². The number of aldehydes is 1. The van der Waals surface area contributed by atoms with Crippen molar-refractivity contribution in [2.24, 2.45) is 17.2 Å². The van der Waals surface area contributed by atoms with Crippen molar-refractivity contribution < 1.29 is 9.59 Å². The average molecular weight is 267 g/mol. The third-order valence-electron chi connectivity index (χ3n) is 2.80. The maximum absolute atomic E-state index is 12.0. The second-order valence-corrected chi connectivity index (χ2v) is 4.51. The second-order valence-electron chi connectivity index (χ2n) is 4.51. The molecule has 106 valence electrons. The van der Waals surface area contributed by atoms with Crippen LogP contribution >= 0.6 is 0 Å². The minimum absolute atomic E-state index is 0.213. The second kappa shape index (κ2) is 7.78. The van der Waals surface area contributed by atoms with E-state index in [1.807, 2.05) is 0 Å². The van der Waals surface area contributed by atoms with Crippen LogP contribution in [0.25, 0.3) is 0 Å². The highest BCUT2D eigenvalue weighted by Gasteiger charge is 2.16. The highest BCUT2D eigenvalue weighted by Crippen LogP contribution is 2.04. The first kappa shape index (κ1) is 15.5. The summed E-state index contributed by atoms with van der Waals surface area (Å²) in [5.74, 6) is -0.213. The van der Waals surface area contributed by atoms with Gasteiger partial charge in [0.1, 0.15) is 12.6 Å². The van der Waals surface area contributed by atoms with Crippen LogP contribution in [0.1, 0.15) is 29.8 Å². The number of rotatable bonds is 8. The number of aromatic nitrogens is 2. The highest BCUT2D eigenvalue weighted by atomic mass is 16.2. The summed E-state index contributed by atoms with van der Waals surface area (Å²) in [6.07, 6.45) is 6.20. The molecule has 0 saturated heterocycles. The number of carbonyl (C=O) groups excluding carboxylic acids is 2. The fourth-order valence-electron chi connectivity index (χ4n) is 1.70. The van der Waals surface area contributed by atoms with Crippen LogP contribution in [0.3, 0.4) is 0 Å². The molecule has 0 aliphatic rings. The van der Waals surface area contributed by atoms with Crippen molar-refractivity contribution in [2.45, 2.75) is 37.8 Å². The zero-order valence-corrected chi connectivity index (χ0v) is 10.9.